The molecule has 23 heavy (non-hydrogen) atoms. The summed E-state index contributed by atoms with van der Waals surface area (Å²) in [4.78, 5) is 12.1. The Bertz CT molecular complexity index is 854. The maximum atomic E-state index is 12.7. The van der Waals surface area contributed by atoms with E-state index in [0.717, 1.165) is 0 Å². The van der Waals surface area contributed by atoms with Crippen LogP contribution in [0.5, 0.6) is 0 Å². The van der Waals surface area contributed by atoms with E-state index in [1.165, 1.54) is 23.7 Å². The second-order valence-corrected chi connectivity index (χ2v) is 8.17. The first-order chi connectivity index (χ1) is 10.7. The van der Waals surface area contributed by atoms with E-state index < -0.39 is 15.4 Å². The first-order valence-corrected chi connectivity index (χ1v) is 8.61. The van der Waals surface area contributed by atoms with Crippen LogP contribution in [-0.4, -0.2) is 25.7 Å². The SMILES string of the molecule is CN(Cc1ccco1)S(=O)(=O)c1ccc2c(c1)C(C)(C)C(=O)N2. The van der Waals surface area contributed by atoms with Gasteiger partial charge in [-0.15, -0.1) is 0 Å². The van der Waals surface area contributed by atoms with E-state index in [9.17, 15) is 13.2 Å². The van der Waals surface area contributed by atoms with Crippen LogP contribution < -0.4 is 5.32 Å². The molecule has 2 aromatic rings. The van der Waals surface area contributed by atoms with E-state index in [0.29, 0.717) is 17.0 Å². The lowest BCUT2D eigenvalue weighted by molar-refractivity contribution is -0.119. The summed E-state index contributed by atoms with van der Waals surface area (Å²) in [6.45, 7) is 3.70. The van der Waals surface area contributed by atoms with Crippen molar-refractivity contribution < 1.29 is 17.6 Å². The molecule has 7 heteroatoms. The number of nitrogens with one attached hydrogen (secondary N) is 1. The van der Waals surface area contributed by atoms with Crippen LogP contribution in [0, 0.1) is 0 Å². The van der Waals surface area contributed by atoms with Crippen LogP contribution in [0.1, 0.15) is 25.2 Å². The van der Waals surface area contributed by atoms with Gasteiger partial charge < -0.3 is 9.73 Å². The summed E-state index contributed by atoms with van der Waals surface area (Å²) in [6.07, 6.45) is 1.50. The third-order valence-corrected chi connectivity index (χ3v) is 5.95. The molecule has 0 saturated carbocycles. The highest BCUT2D eigenvalue weighted by atomic mass is 32.2. The van der Waals surface area contributed by atoms with Crippen molar-refractivity contribution in [2.75, 3.05) is 12.4 Å². The van der Waals surface area contributed by atoms with Gasteiger partial charge in [0, 0.05) is 12.7 Å². The minimum atomic E-state index is -3.67. The number of benzene rings is 1. The molecule has 1 aromatic carbocycles. The van der Waals surface area contributed by atoms with Gasteiger partial charge in [-0.1, -0.05) is 0 Å². The van der Waals surface area contributed by atoms with Crippen molar-refractivity contribution in [1.29, 1.82) is 0 Å². The molecule has 0 saturated heterocycles. The quantitative estimate of drug-likeness (QED) is 0.930. The molecule has 2 heterocycles. The average Bonchev–Trinajstić information content (AvgIpc) is 3.06. The third-order valence-electron chi connectivity index (χ3n) is 4.15. The fourth-order valence-electron chi connectivity index (χ4n) is 2.60. The number of carbonyl (C=O) groups is 1. The van der Waals surface area contributed by atoms with Gasteiger partial charge in [0.25, 0.3) is 0 Å². The van der Waals surface area contributed by atoms with Crippen molar-refractivity contribution in [2.45, 2.75) is 30.7 Å². The molecule has 0 aliphatic carbocycles. The molecule has 6 nitrogen and oxygen atoms in total. The number of sulfonamides is 1. The van der Waals surface area contributed by atoms with Gasteiger partial charge in [0.2, 0.25) is 15.9 Å². The normalized spacial score (nSPS) is 16.4. The number of anilines is 1. The Morgan fingerprint density at radius 3 is 2.65 bits per heavy atom. The molecule has 3 rings (SSSR count). The molecule has 0 atom stereocenters. The summed E-state index contributed by atoms with van der Waals surface area (Å²) in [6, 6.07) is 8.15. The van der Waals surface area contributed by atoms with Crippen molar-refractivity contribution in [3.63, 3.8) is 0 Å². The van der Waals surface area contributed by atoms with Gasteiger partial charge in [0.15, 0.2) is 0 Å². The topological polar surface area (TPSA) is 79.6 Å². The zero-order valence-electron chi connectivity index (χ0n) is 13.2. The van der Waals surface area contributed by atoms with Gasteiger partial charge in [0.05, 0.1) is 23.1 Å². The largest absolute Gasteiger partial charge is 0.468 e. The number of amides is 1. The Labute approximate surface area is 135 Å². The number of rotatable bonds is 4. The zero-order valence-corrected chi connectivity index (χ0v) is 14.0. The molecule has 0 unspecified atom stereocenters. The van der Waals surface area contributed by atoms with Gasteiger partial charge in [0.1, 0.15) is 5.76 Å². The first-order valence-electron chi connectivity index (χ1n) is 7.17. The van der Waals surface area contributed by atoms with Crippen molar-refractivity contribution in [1.82, 2.24) is 4.31 Å². The van der Waals surface area contributed by atoms with Crippen LogP contribution >= 0.6 is 0 Å². The van der Waals surface area contributed by atoms with E-state index in [4.69, 9.17) is 4.42 Å². The lowest BCUT2D eigenvalue weighted by Gasteiger charge is -2.19. The molecular formula is C16H18N2O4S. The molecule has 0 bridgehead atoms. The molecule has 0 spiro atoms. The van der Waals surface area contributed by atoms with Crippen molar-refractivity contribution >= 4 is 21.6 Å². The molecule has 1 aliphatic rings. The average molecular weight is 334 g/mol. The number of carbonyl (C=O) groups excluding carboxylic acids is 1. The van der Waals surface area contributed by atoms with Crippen molar-refractivity contribution in [3.05, 3.63) is 47.9 Å². The monoisotopic (exact) mass is 334 g/mol. The Morgan fingerprint density at radius 1 is 1.26 bits per heavy atom. The number of hydrogen-bond donors (Lipinski definition) is 1. The third kappa shape index (κ3) is 2.55. The fraction of sp³-hybridized carbons (Fsp3) is 0.312. The maximum Gasteiger partial charge on any atom is 0.243 e. The number of hydrogen-bond acceptors (Lipinski definition) is 4. The van der Waals surface area contributed by atoms with E-state index >= 15 is 0 Å². The Morgan fingerprint density at radius 2 is 2.00 bits per heavy atom. The Hall–Kier alpha value is -2.12. The Balaban J connectivity index is 1.96. The molecule has 122 valence electrons. The van der Waals surface area contributed by atoms with Crippen LogP contribution in [0.2, 0.25) is 0 Å². The van der Waals surface area contributed by atoms with Crippen LogP contribution in [0.3, 0.4) is 0 Å². The predicted octanol–water partition coefficient (Wildman–Crippen LogP) is 2.33. The molecule has 1 aliphatic heterocycles. The van der Waals surface area contributed by atoms with Gasteiger partial charge in [-0.2, -0.15) is 4.31 Å². The molecule has 0 radical (unpaired) electrons. The van der Waals surface area contributed by atoms with E-state index in [-0.39, 0.29) is 17.3 Å². The summed E-state index contributed by atoms with van der Waals surface area (Å²) in [7, 11) is -2.17. The second-order valence-electron chi connectivity index (χ2n) is 6.13. The van der Waals surface area contributed by atoms with E-state index in [1.54, 1.807) is 38.1 Å². The minimum absolute atomic E-state index is 0.133. The first kappa shape index (κ1) is 15.8. The highest BCUT2D eigenvalue weighted by Gasteiger charge is 2.39. The number of furan rings is 1. The number of nitrogens with zero attached hydrogens (tertiary/aromatic N) is 1. The van der Waals surface area contributed by atoms with Gasteiger partial charge in [-0.3, -0.25) is 4.79 Å². The van der Waals surface area contributed by atoms with E-state index in [2.05, 4.69) is 5.32 Å². The molecular weight excluding hydrogens is 316 g/mol. The van der Waals surface area contributed by atoms with Gasteiger partial charge in [-0.25, -0.2) is 8.42 Å². The highest BCUT2D eigenvalue weighted by molar-refractivity contribution is 7.89. The Kier molecular flexibility index (Phi) is 3.57. The van der Waals surface area contributed by atoms with Crippen LogP contribution in [0.25, 0.3) is 0 Å². The van der Waals surface area contributed by atoms with Crippen molar-refractivity contribution in [3.8, 4) is 0 Å². The smallest absolute Gasteiger partial charge is 0.243 e. The minimum Gasteiger partial charge on any atom is -0.468 e. The summed E-state index contributed by atoms with van der Waals surface area (Å²) < 4.78 is 31.9. The summed E-state index contributed by atoms with van der Waals surface area (Å²) in [5.41, 5.74) is 0.600. The summed E-state index contributed by atoms with van der Waals surface area (Å²) in [5.74, 6) is 0.431. The summed E-state index contributed by atoms with van der Waals surface area (Å²) in [5, 5.41) is 2.77. The van der Waals surface area contributed by atoms with Crippen LogP contribution in [-0.2, 0) is 26.8 Å². The molecule has 1 amide bonds. The summed E-state index contributed by atoms with van der Waals surface area (Å²) >= 11 is 0. The molecule has 1 N–H and O–H groups in total. The molecule has 0 fully saturated rings. The van der Waals surface area contributed by atoms with Crippen molar-refractivity contribution in [2.24, 2.45) is 0 Å². The predicted molar refractivity (Wildman–Crippen MR) is 85.5 cm³/mol. The van der Waals surface area contributed by atoms with E-state index in [1.807, 2.05) is 0 Å². The zero-order chi connectivity index (χ0) is 16.8. The molecule has 1 aromatic heterocycles. The van der Waals surface area contributed by atoms with Crippen LogP contribution in [0.15, 0.2) is 45.9 Å². The lowest BCUT2D eigenvalue weighted by Crippen LogP contribution is -2.28. The lowest BCUT2D eigenvalue weighted by atomic mass is 9.86. The number of fused-ring (bicyclic) bond motifs is 1. The fourth-order valence-corrected chi connectivity index (χ4v) is 3.76. The van der Waals surface area contributed by atoms with Gasteiger partial charge in [-0.05, 0) is 49.7 Å². The maximum absolute atomic E-state index is 12.7. The standard InChI is InChI=1S/C16H18N2O4S/c1-16(2)13-9-12(6-7-14(13)17-15(16)19)23(20,21)18(3)10-11-5-4-8-22-11/h4-9H,10H2,1-3H3,(H,17,19). The van der Waals surface area contributed by atoms with Gasteiger partial charge >= 0.3 is 0 Å². The second kappa shape index (κ2) is 5.21. The van der Waals surface area contributed by atoms with Crippen LogP contribution in [0.4, 0.5) is 5.69 Å². The highest BCUT2D eigenvalue weighted by Crippen LogP contribution is 2.38.